The van der Waals surface area contributed by atoms with Gasteiger partial charge >= 0.3 is 0 Å². The number of carbonyl (C=O) groups excluding carboxylic acids is 1. The molecular weight excluding hydrogens is 390 g/mol. The van der Waals surface area contributed by atoms with E-state index in [2.05, 4.69) is 10.3 Å². The molecule has 1 heterocycles. The molecule has 158 valence electrons. The first-order valence-electron chi connectivity index (χ1n) is 9.21. The van der Waals surface area contributed by atoms with Crippen LogP contribution < -0.4 is 29.8 Å². The number of carbonyl (C=O) groups is 1. The van der Waals surface area contributed by atoms with Gasteiger partial charge in [0.1, 0.15) is 13.2 Å². The third-order valence-corrected chi connectivity index (χ3v) is 4.39. The van der Waals surface area contributed by atoms with Gasteiger partial charge in [-0.05, 0) is 18.2 Å². The third-order valence-electron chi connectivity index (χ3n) is 4.39. The van der Waals surface area contributed by atoms with Gasteiger partial charge in [0.05, 0.1) is 45.1 Å². The fourth-order valence-electron chi connectivity index (χ4n) is 2.90. The van der Waals surface area contributed by atoms with E-state index in [0.717, 1.165) is 0 Å². The fourth-order valence-corrected chi connectivity index (χ4v) is 2.90. The third kappa shape index (κ3) is 4.62. The van der Waals surface area contributed by atoms with Crippen LogP contribution in [0.15, 0.2) is 47.5 Å². The zero-order chi connectivity index (χ0) is 21.5. The Kier molecular flexibility index (Phi) is 6.74. The molecule has 2 aromatic carbocycles. The first-order chi connectivity index (χ1) is 14.6. The van der Waals surface area contributed by atoms with E-state index in [0.29, 0.717) is 33.9 Å². The molecule has 0 spiro atoms. The van der Waals surface area contributed by atoms with Gasteiger partial charge in [-0.2, -0.15) is 0 Å². The van der Waals surface area contributed by atoms with Crippen molar-refractivity contribution in [2.75, 3.05) is 34.5 Å². The van der Waals surface area contributed by atoms with E-state index in [1.165, 1.54) is 25.1 Å². The van der Waals surface area contributed by atoms with E-state index in [4.69, 9.17) is 18.9 Å². The van der Waals surface area contributed by atoms with Gasteiger partial charge in [-0.1, -0.05) is 12.1 Å². The van der Waals surface area contributed by atoms with Gasteiger partial charge in [0.2, 0.25) is 5.91 Å². The highest BCUT2D eigenvalue weighted by Gasteiger charge is 2.12. The van der Waals surface area contributed by atoms with Crippen LogP contribution in [0.1, 0.15) is 0 Å². The summed E-state index contributed by atoms with van der Waals surface area (Å²) >= 11 is 0. The average Bonchev–Trinajstić information content (AvgIpc) is 2.78. The van der Waals surface area contributed by atoms with Crippen LogP contribution in [0.3, 0.4) is 0 Å². The highest BCUT2D eigenvalue weighted by atomic mass is 16.5. The van der Waals surface area contributed by atoms with Crippen LogP contribution in [0.25, 0.3) is 10.9 Å². The number of para-hydroxylation sites is 2. The standard InChI is InChI=1S/C21H23N3O6/c1-27-16-6-4-5-7-17(16)30-9-8-22-20(25)12-24-13-23-15-11-19(29-3)18(28-2)10-14(15)21(24)26/h4-7,10-11,13H,8-9,12H2,1-3H3,(H,22,25). The number of methoxy groups -OCH3 is 3. The number of benzene rings is 2. The molecule has 0 aliphatic carbocycles. The van der Waals surface area contributed by atoms with Crippen LogP contribution in [-0.4, -0.2) is 49.9 Å². The molecule has 3 aromatic rings. The number of nitrogens with zero attached hydrogens (tertiary/aromatic N) is 2. The van der Waals surface area contributed by atoms with E-state index in [1.54, 1.807) is 31.4 Å². The van der Waals surface area contributed by atoms with E-state index in [-0.39, 0.29) is 31.2 Å². The molecule has 9 nitrogen and oxygen atoms in total. The second kappa shape index (κ2) is 9.64. The maximum atomic E-state index is 12.7. The Balaban J connectivity index is 1.62. The SMILES string of the molecule is COc1cc2ncn(CC(=O)NCCOc3ccccc3OC)c(=O)c2cc1OC. The lowest BCUT2D eigenvalue weighted by Crippen LogP contribution is -2.34. The Bertz CT molecular complexity index is 1100. The van der Waals surface area contributed by atoms with Crippen molar-refractivity contribution < 1.29 is 23.7 Å². The van der Waals surface area contributed by atoms with Crippen molar-refractivity contribution in [1.29, 1.82) is 0 Å². The van der Waals surface area contributed by atoms with E-state index >= 15 is 0 Å². The first kappa shape index (κ1) is 21.0. The predicted octanol–water partition coefficient (Wildman–Crippen LogP) is 1.62. The normalized spacial score (nSPS) is 10.5. The van der Waals surface area contributed by atoms with Crippen LogP contribution in [0.5, 0.6) is 23.0 Å². The number of fused-ring (bicyclic) bond motifs is 1. The molecular formula is C21H23N3O6. The molecule has 9 heteroatoms. The Morgan fingerprint density at radius 2 is 1.67 bits per heavy atom. The van der Waals surface area contributed by atoms with Gasteiger partial charge in [-0.15, -0.1) is 0 Å². The van der Waals surface area contributed by atoms with Crippen molar-refractivity contribution in [1.82, 2.24) is 14.9 Å². The number of ether oxygens (including phenoxy) is 4. The largest absolute Gasteiger partial charge is 0.493 e. The summed E-state index contributed by atoms with van der Waals surface area (Å²) in [6.45, 7) is 0.371. The number of hydrogen-bond acceptors (Lipinski definition) is 7. The summed E-state index contributed by atoms with van der Waals surface area (Å²) < 4.78 is 22.5. The van der Waals surface area contributed by atoms with Gasteiger partial charge in [-0.25, -0.2) is 4.98 Å². The van der Waals surface area contributed by atoms with Gasteiger partial charge in [0.25, 0.3) is 5.56 Å². The van der Waals surface area contributed by atoms with Gasteiger partial charge < -0.3 is 24.3 Å². The van der Waals surface area contributed by atoms with Gasteiger partial charge in [0.15, 0.2) is 23.0 Å². The molecule has 0 bridgehead atoms. The summed E-state index contributed by atoms with van der Waals surface area (Å²) in [5, 5.41) is 3.05. The van der Waals surface area contributed by atoms with Gasteiger partial charge in [0, 0.05) is 6.07 Å². The summed E-state index contributed by atoms with van der Waals surface area (Å²) in [6.07, 6.45) is 1.33. The minimum absolute atomic E-state index is 0.162. The topological polar surface area (TPSA) is 101 Å². The lowest BCUT2D eigenvalue weighted by atomic mass is 10.2. The second-order valence-corrected chi connectivity index (χ2v) is 6.25. The number of amides is 1. The Hall–Kier alpha value is -3.75. The maximum Gasteiger partial charge on any atom is 0.261 e. The molecule has 0 atom stereocenters. The molecule has 3 rings (SSSR count). The summed E-state index contributed by atoms with van der Waals surface area (Å²) in [5.74, 6) is 1.77. The molecule has 1 amide bonds. The maximum absolute atomic E-state index is 12.7. The van der Waals surface area contributed by atoms with Gasteiger partial charge in [-0.3, -0.25) is 14.2 Å². The summed E-state index contributed by atoms with van der Waals surface area (Å²) in [5.41, 5.74) is 0.112. The molecule has 0 fully saturated rings. The summed E-state index contributed by atoms with van der Waals surface area (Å²) in [6, 6.07) is 10.4. The zero-order valence-corrected chi connectivity index (χ0v) is 17.0. The molecule has 0 unspecified atom stereocenters. The Morgan fingerprint density at radius 3 is 2.37 bits per heavy atom. The molecule has 30 heavy (non-hydrogen) atoms. The Morgan fingerprint density at radius 1 is 1.00 bits per heavy atom. The molecule has 0 aliphatic rings. The highest BCUT2D eigenvalue weighted by molar-refractivity contribution is 5.82. The lowest BCUT2D eigenvalue weighted by Gasteiger charge is -2.12. The minimum atomic E-state index is -0.346. The lowest BCUT2D eigenvalue weighted by molar-refractivity contribution is -0.121. The van der Waals surface area contributed by atoms with Crippen LogP contribution in [0.2, 0.25) is 0 Å². The van der Waals surface area contributed by atoms with E-state index in [9.17, 15) is 9.59 Å². The summed E-state index contributed by atoms with van der Waals surface area (Å²) in [7, 11) is 4.55. The number of hydrogen-bond donors (Lipinski definition) is 1. The molecule has 1 aromatic heterocycles. The van der Waals surface area contributed by atoms with Crippen molar-refractivity contribution in [3.63, 3.8) is 0 Å². The Labute approximate surface area is 173 Å². The number of aromatic nitrogens is 2. The van der Waals surface area contributed by atoms with Crippen molar-refractivity contribution in [2.24, 2.45) is 0 Å². The van der Waals surface area contributed by atoms with Crippen LogP contribution in [-0.2, 0) is 11.3 Å². The number of rotatable bonds is 9. The van der Waals surface area contributed by atoms with Crippen LogP contribution in [0, 0.1) is 0 Å². The van der Waals surface area contributed by atoms with Crippen molar-refractivity contribution in [2.45, 2.75) is 6.54 Å². The molecule has 0 radical (unpaired) electrons. The summed E-state index contributed by atoms with van der Waals surface area (Å²) in [4.78, 5) is 29.2. The minimum Gasteiger partial charge on any atom is -0.493 e. The van der Waals surface area contributed by atoms with Crippen LogP contribution in [0.4, 0.5) is 0 Å². The molecule has 0 saturated carbocycles. The number of nitrogens with one attached hydrogen (secondary N) is 1. The van der Waals surface area contributed by atoms with Crippen molar-refractivity contribution in [3.8, 4) is 23.0 Å². The first-order valence-corrected chi connectivity index (χ1v) is 9.21. The zero-order valence-electron chi connectivity index (χ0n) is 17.0. The molecule has 0 saturated heterocycles. The quantitative estimate of drug-likeness (QED) is 0.532. The van der Waals surface area contributed by atoms with Crippen molar-refractivity contribution in [3.05, 3.63) is 53.1 Å². The molecule has 1 N–H and O–H groups in total. The predicted molar refractivity (Wildman–Crippen MR) is 111 cm³/mol. The van der Waals surface area contributed by atoms with Crippen LogP contribution >= 0.6 is 0 Å². The second-order valence-electron chi connectivity index (χ2n) is 6.25. The van der Waals surface area contributed by atoms with E-state index < -0.39 is 0 Å². The monoisotopic (exact) mass is 413 g/mol. The highest BCUT2D eigenvalue weighted by Crippen LogP contribution is 2.29. The smallest absolute Gasteiger partial charge is 0.261 e. The van der Waals surface area contributed by atoms with E-state index in [1.807, 2.05) is 12.1 Å². The fraction of sp³-hybridized carbons (Fsp3) is 0.286. The van der Waals surface area contributed by atoms with Crippen molar-refractivity contribution >= 4 is 16.8 Å². The average molecular weight is 413 g/mol. The molecule has 0 aliphatic heterocycles.